The zero-order valence-electron chi connectivity index (χ0n) is 10.7. The molecule has 1 saturated heterocycles. The largest absolute Gasteiger partial charge is 0.335 e. The molecule has 0 saturated carbocycles. The number of likely N-dealkylation sites (N-methyl/N-ethyl adjacent to an activating group) is 1. The first-order chi connectivity index (χ1) is 9.10. The van der Waals surface area contributed by atoms with Gasteiger partial charge in [0, 0.05) is 11.9 Å². The van der Waals surface area contributed by atoms with Crippen LogP contribution >= 0.6 is 11.3 Å². The van der Waals surface area contributed by atoms with Gasteiger partial charge in [-0.1, -0.05) is 11.8 Å². The number of amides is 2. The summed E-state index contributed by atoms with van der Waals surface area (Å²) in [5.41, 5.74) is 5.32. The fourth-order valence-electron chi connectivity index (χ4n) is 1.76. The van der Waals surface area contributed by atoms with Gasteiger partial charge >= 0.3 is 0 Å². The number of carbonyl (C=O) groups is 2. The van der Waals surface area contributed by atoms with Gasteiger partial charge in [0.2, 0.25) is 11.8 Å². The quantitative estimate of drug-likeness (QED) is 0.765. The Kier molecular flexibility index (Phi) is 4.20. The maximum absolute atomic E-state index is 11.8. The molecule has 2 heterocycles. The van der Waals surface area contributed by atoms with Crippen molar-refractivity contribution in [3.05, 3.63) is 21.9 Å². The van der Waals surface area contributed by atoms with E-state index in [0.717, 1.165) is 9.75 Å². The van der Waals surface area contributed by atoms with Crippen molar-refractivity contribution in [1.82, 2.24) is 9.80 Å². The predicted molar refractivity (Wildman–Crippen MR) is 73.3 cm³/mol. The maximum Gasteiger partial charge on any atom is 0.242 e. The summed E-state index contributed by atoms with van der Waals surface area (Å²) < 4.78 is 0. The molecule has 1 fully saturated rings. The molecule has 0 radical (unpaired) electrons. The van der Waals surface area contributed by atoms with Crippen LogP contribution < -0.4 is 5.73 Å². The van der Waals surface area contributed by atoms with Crippen LogP contribution in [0.25, 0.3) is 0 Å². The van der Waals surface area contributed by atoms with Gasteiger partial charge in [0.05, 0.1) is 24.5 Å². The van der Waals surface area contributed by atoms with Crippen LogP contribution in [-0.4, -0.2) is 48.3 Å². The molecule has 0 aliphatic carbocycles. The monoisotopic (exact) mass is 277 g/mol. The summed E-state index contributed by atoms with van der Waals surface area (Å²) in [6.07, 6.45) is 0. The molecule has 0 atom stereocenters. The molecular formula is C13H15N3O2S. The summed E-state index contributed by atoms with van der Waals surface area (Å²) in [6, 6.07) is 3.84. The summed E-state index contributed by atoms with van der Waals surface area (Å²) in [7, 11) is 1.64. The van der Waals surface area contributed by atoms with Crippen molar-refractivity contribution in [1.29, 1.82) is 0 Å². The lowest BCUT2D eigenvalue weighted by Crippen LogP contribution is -2.51. The zero-order valence-corrected chi connectivity index (χ0v) is 11.5. The van der Waals surface area contributed by atoms with Crippen molar-refractivity contribution < 1.29 is 9.59 Å². The number of nitrogens with two attached hydrogens (primary N) is 1. The fraction of sp³-hybridized carbons (Fsp3) is 0.385. The second kappa shape index (κ2) is 5.87. The molecule has 0 unspecified atom stereocenters. The van der Waals surface area contributed by atoms with Crippen LogP contribution in [0.4, 0.5) is 0 Å². The normalized spacial score (nSPS) is 15.5. The number of rotatable bonds is 2. The molecule has 100 valence electrons. The Bertz CT molecular complexity index is 556. The van der Waals surface area contributed by atoms with E-state index in [1.165, 1.54) is 16.2 Å². The van der Waals surface area contributed by atoms with Gasteiger partial charge < -0.3 is 15.5 Å². The van der Waals surface area contributed by atoms with E-state index in [2.05, 4.69) is 11.8 Å². The van der Waals surface area contributed by atoms with Gasteiger partial charge in [0.25, 0.3) is 0 Å². The summed E-state index contributed by atoms with van der Waals surface area (Å²) in [4.78, 5) is 28.4. The highest BCUT2D eigenvalue weighted by Gasteiger charge is 2.27. The number of thiophene rings is 1. The molecule has 1 aromatic heterocycles. The number of nitrogens with zero attached hydrogens (tertiary/aromatic N) is 2. The molecule has 1 aliphatic heterocycles. The average Bonchev–Trinajstić information content (AvgIpc) is 2.81. The third-order valence-corrected chi connectivity index (χ3v) is 3.78. The van der Waals surface area contributed by atoms with E-state index in [-0.39, 0.29) is 24.9 Å². The van der Waals surface area contributed by atoms with Crippen molar-refractivity contribution in [2.24, 2.45) is 5.73 Å². The van der Waals surface area contributed by atoms with Crippen LogP contribution in [0.15, 0.2) is 12.1 Å². The summed E-state index contributed by atoms with van der Waals surface area (Å²) >= 11 is 1.52. The van der Waals surface area contributed by atoms with Crippen LogP contribution in [0.1, 0.15) is 9.75 Å². The third-order valence-electron chi connectivity index (χ3n) is 2.80. The molecule has 2 rings (SSSR count). The van der Waals surface area contributed by atoms with Gasteiger partial charge in [0.1, 0.15) is 6.54 Å². The molecule has 6 heteroatoms. The summed E-state index contributed by atoms with van der Waals surface area (Å²) in [6.45, 7) is 1.10. The standard InChI is InChI=1S/C13H15N3O2S/c1-15-8-13(18)16(9-12(15)17)7-11-5-4-10(19-11)3-2-6-14/h4-5H,6-9,14H2,1H3. The maximum atomic E-state index is 11.8. The molecule has 1 aromatic rings. The van der Waals surface area contributed by atoms with Crippen LogP contribution in [0.3, 0.4) is 0 Å². The lowest BCUT2D eigenvalue weighted by atomic mass is 10.3. The topological polar surface area (TPSA) is 66.6 Å². The van der Waals surface area contributed by atoms with E-state index in [4.69, 9.17) is 5.73 Å². The van der Waals surface area contributed by atoms with Gasteiger partial charge in [-0.25, -0.2) is 0 Å². The fourth-order valence-corrected chi connectivity index (χ4v) is 2.66. The molecule has 2 N–H and O–H groups in total. The van der Waals surface area contributed by atoms with E-state index in [9.17, 15) is 9.59 Å². The third kappa shape index (κ3) is 3.34. The Morgan fingerprint density at radius 1 is 1.32 bits per heavy atom. The molecule has 1 aliphatic rings. The molecule has 0 bridgehead atoms. The van der Waals surface area contributed by atoms with E-state index in [1.807, 2.05) is 12.1 Å². The molecule has 5 nitrogen and oxygen atoms in total. The highest BCUT2D eigenvalue weighted by molar-refractivity contribution is 7.12. The Morgan fingerprint density at radius 3 is 2.84 bits per heavy atom. The van der Waals surface area contributed by atoms with Crippen molar-refractivity contribution >= 4 is 23.2 Å². The number of piperazine rings is 1. The predicted octanol–water partition coefficient (Wildman–Crippen LogP) is -0.141. The second-order valence-electron chi connectivity index (χ2n) is 4.27. The van der Waals surface area contributed by atoms with Gasteiger partial charge in [-0.2, -0.15) is 0 Å². The van der Waals surface area contributed by atoms with Crippen LogP contribution in [0.2, 0.25) is 0 Å². The van der Waals surface area contributed by atoms with Gasteiger partial charge in [0.15, 0.2) is 0 Å². The highest BCUT2D eigenvalue weighted by Crippen LogP contribution is 2.18. The van der Waals surface area contributed by atoms with Crippen molar-refractivity contribution in [3.8, 4) is 11.8 Å². The zero-order chi connectivity index (χ0) is 13.8. The first kappa shape index (κ1) is 13.6. The van der Waals surface area contributed by atoms with Crippen LogP contribution in [-0.2, 0) is 16.1 Å². The van der Waals surface area contributed by atoms with Crippen molar-refractivity contribution in [3.63, 3.8) is 0 Å². The second-order valence-corrected chi connectivity index (χ2v) is 5.44. The minimum atomic E-state index is -0.0284. The Balaban J connectivity index is 2.02. The van der Waals surface area contributed by atoms with E-state index < -0.39 is 0 Å². The summed E-state index contributed by atoms with van der Waals surface area (Å²) in [5, 5.41) is 0. The number of hydrogen-bond donors (Lipinski definition) is 1. The lowest BCUT2D eigenvalue weighted by Gasteiger charge is -2.31. The highest BCUT2D eigenvalue weighted by atomic mass is 32.1. The minimum absolute atomic E-state index is 0.0231. The molecule has 0 spiro atoms. The molecule has 0 aromatic carbocycles. The lowest BCUT2D eigenvalue weighted by molar-refractivity contribution is -0.149. The first-order valence-electron chi connectivity index (χ1n) is 5.89. The van der Waals surface area contributed by atoms with E-state index in [0.29, 0.717) is 13.1 Å². The first-order valence-corrected chi connectivity index (χ1v) is 6.71. The molecule has 2 amide bonds. The Labute approximate surface area is 116 Å². The summed E-state index contributed by atoms with van der Waals surface area (Å²) in [5.74, 6) is 5.69. The Morgan fingerprint density at radius 2 is 2.11 bits per heavy atom. The van der Waals surface area contributed by atoms with Crippen molar-refractivity contribution in [2.75, 3.05) is 26.7 Å². The minimum Gasteiger partial charge on any atom is -0.335 e. The SMILES string of the molecule is CN1CC(=O)N(Cc2ccc(C#CCN)s2)CC1=O. The van der Waals surface area contributed by atoms with Gasteiger partial charge in [-0.05, 0) is 12.1 Å². The molecule has 19 heavy (non-hydrogen) atoms. The van der Waals surface area contributed by atoms with E-state index in [1.54, 1.807) is 11.9 Å². The van der Waals surface area contributed by atoms with Crippen molar-refractivity contribution in [2.45, 2.75) is 6.54 Å². The number of hydrogen-bond acceptors (Lipinski definition) is 4. The number of carbonyl (C=O) groups excluding carboxylic acids is 2. The van der Waals surface area contributed by atoms with E-state index >= 15 is 0 Å². The van der Waals surface area contributed by atoms with Crippen LogP contribution in [0.5, 0.6) is 0 Å². The van der Waals surface area contributed by atoms with Crippen LogP contribution in [0, 0.1) is 11.8 Å². The van der Waals surface area contributed by atoms with Gasteiger partial charge in [-0.3, -0.25) is 9.59 Å². The Hall–Kier alpha value is -1.84. The molecular weight excluding hydrogens is 262 g/mol. The smallest absolute Gasteiger partial charge is 0.242 e. The average molecular weight is 277 g/mol. The van der Waals surface area contributed by atoms with Gasteiger partial charge in [-0.15, -0.1) is 11.3 Å².